The van der Waals surface area contributed by atoms with E-state index in [2.05, 4.69) is 4.72 Å². The molecule has 2 aromatic rings. The van der Waals surface area contributed by atoms with Crippen molar-refractivity contribution in [2.75, 3.05) is 13.1 Å². The molecule has 2 heterocycles. The Morgan fingerprint density at radius 3 is 2.42 bits per heavy atom. The number of hydrogen-bond acceptors (Lipinski definition) is 4. The molecule has 0 radical (unpaired) electrons. The van der Waals surface area contributed by atoms with Crippen molar-refractivity contribution < 1.29 is 17.6 Å². The summed E-state index contributed by atoms with van der Waals surface area (Å²) in [5.41, 5.74) is 0. The Morgan fingerprint density at radius 2 is 1.83 bits per heavy atom. The van der Waals surface area contributed by atoms with Gasteiger partial charge in [-0.05, 0) is 49.2 Å². The summed E-state index contributed by atoms with van der Waals surface area (Å²) in [4.78, 5) is 14.0. The van der Waals surface area contributed by atoms with Crippen molar-refractivity contribution in [3.05, 3.63) is 53.4 Å². The number of carbonyl (C=O) groups is 1. The minimum atomic E-state index is -3.59. The number of rotatable bonds is 4. The second kappa shape index (κ2) is 6.96. The smallest absolute Gasteiger partial charge is 0.289 e. The third-order valence-electron chi connectivity index (χ3n) is 3.96. The van der Waals surface area contributed by atoms with Gasteiger partial charge in [0.25, 0.3) is 5.91 Å². The number of likely N-dealkylation sites (tertiary alicyclic amines) is 1. The van der Waals surface area contributed by atoms with Gasteiger partial charge in [-0.2, -0.15) is 0 Å². The second-order valence-corrected chi connectivity index (χ2v) is 7.77. The molecule has 1 amide bonds. The van der Waals surface area contributed by atoms with Crippen LogP contribution in [0.3, 0.4) is 0 Å². The van der Waals surface area contributed by atoms with E-state index < -0.39 is 10.0 Å². The molecule has 128 valence electrons. The molecule has 0 saturated carbocycles. The Morgan fingerprint density at radius 1 is 1.17 bits per heavy atom. The predicted molar refractivity (Wildman–Crippen MR) is 89.4 cm³/mol. The van der Waals surface area contributed by atoms with Gasteiger partial charge >= 0.3 is 0 Å². The highest BCUT2D eigenvalue weighted by Gasteiger charge is 2.28. The van der Waals surface area contributed by atoms with Crippen LogP contribution in [0.5, 0.6) is 0 Å². The first kappa shape index (κ1) is 17.0. The molecule has 24 heavy (non-hydrogen) atoms. The zero-order valence-corrected chi connectivity index (χ0v) is 14.4. The number of halogens is 1. The molecule has 1 aromatic heterocycles. The number of amides is 1. The van der Waals surface area contributed by atoms with Crippen molar-refractivity contribution in [3.63, 3.8) is 0 Å². The number of sulfonamides is 1. The fourth-order valence-electron chi connectivity index (χ4n) is 2.66. The quantitative estimate of drug-likeness (QED) is 0.899. The van der Waals surface area contributed by atoms with E-state index in [1.807, 2.05) is 0 Å². The summed E-state index contributed by atoms with van der Waals surface area (Å²) in [6.07, 6.45) is 2.57. The average Bonchev–Trinajstić information content (AvgIpc) is 3.09. The van der Waals surface area contributed by atoms with Crippen LogP contribution in [0, 0.1) is 0 Å². The van der Waals surface area contributed by atoms with Gasteiger partial charge in [0.2, 0.25) is 10.0 Å². The fraction of sp³-hybridized carbons (Fsp3) is 0.312. The van der Waals surface area contributed by atoms with Crippen molar-refractivity contribution in [3.8, 4) is 0 Å². The van der Waals surface area contributed by atoms with Crippen LogP contribution < -0.4 is 4.72 Å². The molecule has 1 aromatic carbocycles. The molecule has 0 spiro atoms. The van der Waals surface area contributed by atoms with Gasteiger partial charge in [-0.15, -0.1) is 0 Å². The standard InChI is InChI=1S/C16H17ClN2O4S/c17-12-3-5-14(6-4-12)24(21,22)18-13-7-9-19(10-8-13)16(20)15-2-1-11-23-15/h1-6,11,13,18H,7-10H2. The lowest BCUT2D eigenvalue weighted by Crippen LogP contribution is -2.46. The Balaban J connectivity index is 1.59. The lowest BCUT2D eigenvalue weighted by molar-refractivity contribution is 0.0679. The maximum Gasteiger partial charge on any atom is 0.289 e. The molecule has 0 aliphatic carbocycles. The van der Waals surface area contributed by atoms with Crippen LogP contribution in [-0.2, 0) is 10.0 Å². The van der Waals surface area contributed by atoms with Gasteiger partial charge in [0.05, 0.1) is 11.2 Å². The zero-order valence-electron chi connectivity index (χ0n) is 12.8. The molecule has 0 atom stereocenters. The van der Waals surface area contributed by atoms with Gasteiger partial charge < -0.3 is 9.32 Å². The first-order valence-electron chi connectivity index (χ1n) is 7.56. The summed E-state index contributed by atoms with van der Waals surface area (Å²) in [5, 5.41) is 0.485. The van der Waals surface area contributed by atoms with Crippen LogP contribution in [0.25, 0.3) is 0 Å². The Kier molecular flexibility index (Phi) is 4.93. The Bertz CT molecular complexity index is 795. The lowest BCUT2D eigenvalue weighted by Gasteiger charge is -2.31. The lowest BCUT2D eigenvalue weighted by atomic mass is 10.1. The van der Waals surface area contributed by atoms with E-state index in [0.29, 0.717) is 36.7 Å². The number of nitrogens with zero attached hydrogens (tertiary/aromatic N) is 1. The first-order valence-corrected chi connectivity index (χ1v) is 9.42. The number of nitrogens with one attached hydrogen (secondary N) is 1. The van der Waals surface area contributed by atoms with Crippen molar-refractivity contribution in [2.45, 2.75) is 23.8 Å². The molecule has 6 nitrogen and oxygen atoms in total. The molecular formula is C16H17ClN2O4S. The van der Waals surface area contributed by atoms with Gasteiger partial charge in [-0.1, -0.05) is 11.6 Å². The molecule has 1 aliphatic heterocycles. The van der Waals surface area contributed by atoms with E-state index in [-0.39, 0.29) is 16.8 Å². The van der Waals surface area contributed by atoms with Crippen LogP contribution >= 0.6 is 11.6 Å². The molecule has 8 heteroatoms. The van der Waals surface area contributed by atoms with E-state index in [0.717, 1.165) is 0 Å². The van der Waals surface area contributed by atoms with Gasteiger partial charge in [0.1, 0.15) is 0 Å². The maximum absolute atomic E-state index is 12.4. The number of carbonyl (C=O) groups excluding carboxylic acids is 1. The first-order chi connectivity index (χ1) is 11.5. The molecule has 1 saturated heterocycles. The van der Waals surface area contributed by atoms with Gasteiger partial charge in [-0.3, -0.25) is 4.79 Å². The van der Waals surface area contributed by atoms with Gasteiger partial charge in [-0.25, -0.2) is 13.1 Å². The highest BCUT2D eigenvalue weighted by atomic mass is 35.5. The van der Waals surface area contributed by atoms with Crippen molar-refractivity contribution in [1.82, 2.24) is 9.62 Å². The molecular weight excluding hydrogens is 352 g/mol. The van der Waals surface area contributed by atoms with E-state index in [4.69, 9.17) is 16.0 Å². The SMILES string of the molecule is O=C(c1ccco1)N1CCC(NS(=O)(=O)c2ccc(Cl)cc2)CC1. The van der Waals surface area contributed by atoms with Crippen LogP contribution in [0.15, 0.2) is 52.0 Å². The highest BCUT2D eigenvalue weighted by molar-refractivity contribution is 7.89. The summed E-state index contributed by atoms with van der Waals surface area (Å²) < 4.78 is 32.5. The molecule has 0 bridgehead atoms. The maximum atomic E-state index is 12.4. The molecule has 1 aliphatic rings. The van der Waals surface area contributed by atoms with Crippen molar-refractivity contribution in [1.29, 1.82) is 0 Å². The predicted octanol–water partition coefficient (Wildman–Crippen LogP) is 2.52. The zero-order chi connectivity index (χ0) is 17.2. The Hall–Kier alpha value is -1.83. The summed E-state index contributed by atoms with van der Waals surface area (Å²) in [7, 11) is -3.59. The second-order valence-electron chi connectivity index (χ2n) is 5.62. The molecule has 1 N–H and O–H groups in total. The molecule has 3 rings (SSSR count). The molecule has 0 unspecified atom stereocenters. The van der Waals surface area contributed by atoms with Crippen LogP contribution in [-0.4, -0.2) is 38.4 Å². The number of furan rings is 1. The Labute approximate surface area is 145 Å². The monoisotopic (exact) mass is 368 g/mol. The van der Waals surface area contributed by atoms with E-state index in [1.165, 1.54) is 18.4 Å². The minimum Gasteiger partial charge on any atom is -0.459 e. The number of hydrogen-bond donors (Lipinski definition) is 1. The average molecular weight is 369 g/mol. The van der Waals surface area contributed by atoms with Gasteiger partial charge in [0.15, 0.2) is 5.76 Å². The number of benzene rings is 1. The number of piperidine rings is 1. The summed E-state index contributed by atoms with van der Waals surface area (Å²) >= 11 is 5.78. The summed E-state index contributed by atoms with van der Waals surface area (Å²) in [6, 6.07) is 9.12. The van der Waals surface area contributed by atoms with Gasteiger partial charge in [0, 0.05) is 24.2 Å². The normalized spacial score (nSPS) is 16.3. The summed E-state index contributed by atoms with van der Waals surface area (Å²) in [6.45, 7) is 0.959. The van der Waals surface area contributed by atoms with Crippen LogP contribution in [0.4, 0.5) is 0 Å². The minimum absolute atomic E-state index is 0.168. The fourth-order valence-corrected chi connectivity index (χ4v) is 4.09. The molecule has 1 fully saturated rings. The van der Waals surface area contributed by atoms with E-state index >= 15 is 0 Å². The van der Waals surface area contributed by atoms with E-state index in [1.54, 1.807) is 29.2 Å². The van der Waals surface area contributed by atoms with Crippen molar-refractivity contribution in [2.24, 2.45) is 0 Å². The largest absolute Gasteiger partial charge is 0.459 e. The third-order valence-corrected chi connectivity index (χ3v) is 5.75. The van der Waals surface area contributed by atoms with E-state index in [9.17, 15) is 13.2 Å². The topological polar surface area (TPSA) is 79.6 Å². The van der Waals surface area contributed by atoms with Crippen molar-refractivity contribution >= 4 is 27.5 Å². The van der Waals surface area contributed by atoms with Crippen LogP contribution in [0.1, 0.15) is 23.4 Å². The third kappa shape index (κ3) is 3.80. The van der Waals surface area contributed by atoms with Crippen LogP contribution in [0.2, 0.25) is 5.02 Å². The highest BCUT2D eigenvalue weighted by Crippen LogP contribution is 2.18. The summed E-state index contributed by atoms with van der Waals surface area (Å²) in [5.74, 6) is 0.134.